The van der Waals surface area contributed by atoms with Crippen LogP contribution in [0, 0.1) is 5.82 Å². The molecule has 8 nitrogen and oxygen atoms in total. The summed E-state index contributed by atoms with van der Waals surface area (Å²) in [7, 11) is 0. The number of carbonyl (C=O) groups excluding carboxylic acids is 2. The van der Waals surface area contributed by atoms with Crippen LogP contribution >= 0.6 is 23.4 Å². The third-order valence-electron chi connectivity index (χ3n) is 4.69. The fourth-order valence-electron chi connectivity index (χ4n) is 2.99. The SMILES string of the molecule is C[C@@H](Sc1nnc(-c2ccncc2)n1-c1ccc(F)cc1)C(=O)NNC(=O)c1cccc(Cl)c1. The fraction of sp³-hybridized carbons (Fsp3) is 0.0870. The molecule has 2 N–H and O–H groups in total. The van der Waals surface area contributed by atoms with Crippen LogP contribution in [0.15, 0.2) is 78.2 Å². The van der Waals surface area contributed by atoms with Gasteiger partial charge in [-0.15, -0.1) is 10.2 Å². The van der Waals surface area contributed by atoms with Crippen molar-refractivity contribution >= 4 is 35.2 Å². The van der Waals surface area contributed by atoms with E-state index >= 15 is 0 Å². The zero-order chi connectivity index (χ0) is 24.1. The number of carbonyl (C=O) groups is 2. The number of hydrogen-bond donors (Lipinski definition) is 2. The van der Waals surface area contributed by atoms with Gasteiger partial charge in [-0.05, 0) is 61.5 Å². The maximum Gasteiger partial charge on any atom is 0.269 e. The number of hydrazine groups is 1. The summed E-state index contributed by atoms with van der Waals surface area (Å²) in [6.07, 6.45) is 3.26. The van der Waals surface area contributed by atoms with Crippen LogP contribution in [0.3, 0.4) is 0 Å². The van der Waals surface area contributed by atoms with E-state index in [9.17, 15) is 14.0 Å². The van der Waals surface area contributed by atoms with Gasteiger partial charge in [0.2, 0.25) is 0 Å². The molecule has 0 aliphatic rings. The Bertz CT molecular complexity index is 1320. The van der Waals surface area contributed by atoms with Crippen molar-refractivity contribution in [3.63, 3.8) is 0 Å². The van der Waals surface area contributed by atoms with E-state index in [0.29, 0.717) is 27.3 Å². The van der Waals surface area contributed by atoms with E-state index in [0.717, 1.165) is 17.3 Å². The van der Waals surface area contributed by atoms with Crippen molar-refractivity contribution in [3.8, 4) is 17.1 Å². The van der Waals surface area contributed by atoms with Crippen LogP contribution in [0.5, 0.6) is 0 Å². The molecule has 0 fully saturated rings. The van der Waals surface area contributed by atoms with Crippen LogP contribution in [0.2, 0.25) is 5.02 Å². The number of aromatic nitrogens is 4. The van der Waals surface area contributed by atoms with Gasteiger partial charge in [0.15, 0.2) is 11.0 Å². The Labute approximate surface area is 203 Å². The lowest BCUT2D eigenvalue weighted by atomic mass is 10.2. The molecule has 0 aliphatic carbocycles. The average Bonchev–Trinajstić information content (AvgIpc) is 3.26. The minimum Gasteiger partial charge on any atom is -0.272 e. The maximum absolute atomic E-state index is 13.5. The van der Waals surface area contributed by atoms with Crippen molar-refractivity contribution in [1.29, 1.82) is 0 Å². The van der Waals surface area contributed by atoms with Gasteiger partial charge in [-0.2, -0.15) is 0 Å². The molecular weight excluding hydrogens is 479 g/mol. The van der Waals surface area contributed by atoms with E-state index in [2.05, 4.69) is 26.0 Å². The van der Waals surface area contributed by atoms with Crippen LogP contribution in [0.1, 0.15) is 17.3 Å². The van der Waals surface area contributed by atoms with Gasteiger partial charge in [-0.3, -0.25) is 30.0 Å². The van der Waals surface area contributed by atoms with Gasteiger partial charge in [0.25, 0.3) is 11.8 Å². The molecule has 0 saturated carbocycles. The summed E-state index contributed by atoms with van der Waals surface area (Å²) in [5.74, 6) is -0.806. The summed E-state index contributed by atoms with van der Waals surface area (Å²) in [5.41, 5.74) is 6.48. The van der Waals surface area contributed by atoms with E-state index in [1.54, 1.807) is 66.3 Å². The lowest BCUT2D eigenvalue weighted by Gasteiger charge is -2.14. The number of benzene rings is 2. The summed E-state index contributed by atoms with van der Waals surface area (Å²) in [6.45, 7) is 1.67. The summed E-state index contributed by atoms with van der Waals surface area (Å²) < 4.78 is 15.2. The van der Waals surface area contributed by atoms with Crippen molar-refractivity contribution in [3.05, 3.63) is 89.5 Å². The Hall–Kier alpha value is -3.76. The van der Waals surface area contributed by atoms with Gasteiger partial charge in [0.05, 0.1) is 5.25 Å². The molecule has 2 aromatic carbocycles. The smallest absolute Gasteiger partial charge is 0.269 e. The second-order valence-corrected chi connectivity index (χ2v) is 8.81. The average molecular weight is 497 g/mol. The maximum atomic E-state index is 13.5. The van der Waals surface area contributed by atoms with E-state index in [4.69, 9.17) is 11.6 Å². The standard InChI is InChI=1S/C23H18ClFN6O2S/c1-14(21(32)28-29-22(33)16-3-2-4-17(24)13-16)34-23-30-27-20(15-9-11-26-12-10-15)31(23)19-7-5-18(25)6-8-19/h2-14H,1H3,(H,28,32)(H,29,33)/t14-/m1/s1. The molecule has 2 heterocycles. The molecule has 4 aromatic rings. The summed E-state index contributed by atoms with van der Waals surface area (Å²) in [5, 5.41) is 8.71. The van der Waals surface area contributed by atoms with Crippen LogP contribution in [0.25, 0.3) is 17.1 Å². The van der Waals surface area contributed by atoms with Gasteiger partial charge < -0.3 is 0 Å². The van der Waals surface area contributed by atoms with Gasteiger partial charge in [-0.25, -0.2) is 4.39 Å². The molecule has 0 saturated heterocycles. The lowest BCUT2D eigenvalue weighted by Crippen LogP contribution is -2.45. The van der Waals surface area contributed by atoms with Crippen LogP contribution < -0.4 is 10.9 Å². The molecule has 0 spiro atoms. The highest BCUT2D eigenvalue weighted by Gasteiger charge is 2.22. The van der Waals surface area contributed by atoms with Gasteiger partial charge >= 0.3 is 0 Å². The Kier molecular flexibility index (Phi) is 7.19. The van der Waals surface area contributed by atoms with Gasteiger partial charge in [0.1, 0.15) is 5.82 Å². The number of thioether (sulfide) groups is 1. The molecule has 0 radical (unpaired) electrons. The highest BCUT2D eigenvalue weighted by atomic mass is 35.5. The molecule has 11 heteroatoms. The quantitative estimate of drug-likeness (QED) is 0.308. The van der Waals surface area contributed by atoms with E-state index < -0.39 is 17.1 Å². The number of nitrogens with zero attached hydrogens (tertiary/aromatic N) is 4. The fourth-order valence-corrected chi connectivity index (χ4v) is 4.05. The van der Waals surface area contributed by atoms with Crippen LogP contribution in [-0.4, -0.2) is 36.8 Å². The van der Waals surface area contributed by atoms with E-state index in [1.165, 1.54) is 18.2 Å². The number of halogens is 2. The first-order chi connectivity index (χ1) is 16.4. The number of nitrogens with one attached hydrogen (secondary N) is 2. The number of rotatable bonds is 6. The van der Waals surface area contributed by atoms with Gasteiger partial charge in [0, 0.05) is 34.2 Å². The Morgan fingerprint density at radius 3 is 2.47 bits per heavy atom. The molecule has 1 atom stereocenters. The molecule has 34 heavy (non-hydrogen) atoms. The third kappa shape index (κ3) is 5.41. The van der Waals surface area contributed by atoms with Crippen molar-refractivity contribution in [1.82, 2.24) is 30.6 Å². The highest BCUT2D eigenvalue weighted by Crippen LogP contribution is 2.30. The predicted octanol–water partition coefficient (Wildman–Crippen LogP) is 4.06. The Morgan fingerprint density at radius 2 is 1.76 bits per heavy atom. The summed E-state index contributed by atoms with van der Waals surface area (Å²) >= 11 is 7.04. The van der Waals surface area contributed by atoms with Crippen molar-refractivity contribution < 1.29 is 14.0 Å². The first-order valence-corrected chi connectivity index (χ1v) is 11.3. The Morgan fingerprint density at radius 1 is 1.03 bits per heavy atom. The molecule has 0 unspecified atom stereocenters. The topological polar surface area (TPSA) is 102 Å². The Balaban J connectivity index is 1.52. The minimum atomic E-state index is -0.645. The van der Waals surface area contributed by atoms with Crippen LogP contribution in [0.4, 0.5) is 4.39 Å². The van der Waals surface area contributed by atoms with Crippen molar-refractivity contribution in [2.45, 2.75) is 17.3 Å². The van der Waals surface area contributed by atoms with Crippen molar-refractivity contribution in [2.24, 2.45) is 0 Å². The summed E-state index contributed by atoms with van der Waals surface area (Å²) in [4.78, 5) is 28.9. The first-order valence-electron chi connectivity index (χ1n) is 10.1. The summed E-state index contributed by atoms with van der Waals surface area (Å²) in [6, 6.07) is 15.8. The normalized spacial score (nSPS) is 11.6. The first kappa shape index (κ1) is 23.4. The molecule has 2 amide bonds. The van der Waals surface area contributed by atoms with Gasteiger partial charge in [-0.1, -0.05) is 29.4 Å². The monoisotopic (exact) mass is 496 g/mol. The number of amides is 2. The predicted molar refractivity (Wildman–Crippen MR) is 127 cm³/mol. The number of hydrogen-bond acceptors (Lipinski definition) is 6. The zero-order valence-corrected chi connectivity index (χ0v) is 19.3. The van der Waals surface area contributed by atoms with Crippen LogP contribution in [-0.2, 0) is 4.79 Å². The minimum absolute atomic E-state index is 0.311. The molecular formula is C23H18ClFN6O2S. The van der Waals surface area contributed by atoms with Crippen molar-refractivity contribution in [2.75, 3.05) is 0 Å². The largest absolute Gasteiger partial charge is 0.272 e. The second-order valence-electron chi connectivity index (χ2n) is 7.07. The molecule has 172 valence electrons. The zero-order valence-electron chi connectivity index (χ0n) is 17.8. The third-order valence-corrected chi connectivity index (χ3v) is 5.97. The molecule has 0 aliphatic heterocycles. The highest BCUT2D eigenvalue weighted by molar-refractivity contribution is 8.00. The number of pyridine rings is 1. The molecule has 4 rings (SSSR count). The van der Waals surface area contributed by atoms with E-state index in [-0.39, 0.29) is 5.82 Å². The van der Waals surface area contributed by atoms with E-state index in [1.807, 2.05) is 0 Å². The lowest BCUT2D eigenvalue weighted by molar-refractivity contribution is -0.121. The molecule has 2 aromatic heterocycles. The molecule has 0 bridgehead atoms. The second kappa shape index (κ2) is 10.4.